The van der Waals surface area contributed by atoms with Crippen LogP contribution in [0.15, 0.2) is 66.2 Å². The third-order valence-electron chi connectivity index (χ3n) is 3.42. The standard InChI is InChI=1S/C19H17NOS2/c1-13(18-19(22)20-14(2)23-18)16-9-6-10-17(11-16)21-12-15-7-4-3-5-8-15/h3-11,22H,1,12H2,2H3. The largest absolute Gasteiger partial charge is 0.489 e. The zero-order valence-corrected chi connectivity index (χ0v) is 14.5. The van der Waals surface area contributed by atoms with Gasteiger partial charge < -0.3 is 4.74 Å². The first kappa shape index (κ1) is 15.8. The highest BCUT2D eigenvalue weighted by Crippen LogP contribution is 2.33. The molecule has 0 amide bonds. The Balaban J connectivity index is 1.77. The Bertz CT molecular complexity index is 824. The van der Waals surface area contributed by atoms with Gasteiger partial charge in [-0.3, -0.25) is 0 Å². The number of thiazole rings is 1. The summed E-state index contributed by atoms with van der Waals surface area (Å²) < 4.78 is 5.88. The molecule has 1 aromatic heterocycles. The van der Waals surface area contributed by atoms with Gasteiger partial charge in [0, 0.05) is 0 Å². The van der Waals surface area contributed by atoms with E-state index in [1.807, 2.05) is 49.4 Å². The van der Waals surface area contributed by atoms with Crippen LogP contribution in [0.25, 0.3) is 5.57 Å². The van der Waals surface area contributed by atoms with E-state index in [0.29, 0.717) is 6.61 Å². The number of aromatic nitrogens is 1. The van der Waals surface area contributed by atoms with Crippen LogP contribution in [0.1, 0.15) is 21.0 Å². The molecule has 1 heterocycles. The maximum atomic E-state index is 5.88. The van der Waals surface area contributed by atoms with E-state index >= 15 is 0 Å². The minimum Gasteiger partial charge on any atom is -0.489 e. The monoisotopic (exact) mass is 339 g/mol. The van der Waals surface area contributed by atoms with E-state index in [2.05, 4.69) is 36.3 Å². The fraction of sp³-hybridized carbons (Fsp3) is 0.105. The van der Waals surface area contributed by atoms with Gasteiger partial charge in [0.2, 0.25) is 0 Å². The molecule has 116 valence electrons. The Morgan fingerprint density at radius 2 is 1.96 bits per heavy atom. The van der Waals surface area contributed by atoms with Crippen LogP contribution >= 0.6 is 24.0 Å². The zero-order valence-electron chi connectivity index (χ0n) is 12.8. The van der Waals surface area contributed by atoms with Crippen molar-refractivity contribution in [1.29, 1.82) is 0 Å². The highest BCUT2D eigenvalue weighted by Gasteiger charge is 2.11. The van der Waals surface area contributed by atoms with Gasteiger partial charge >= 0.3 is 0 Å². The minimum atomic E-state index is 0.550. The summed E-state index contributed by atoms with van der Waals surface area (Å²) in [6, 6.07) is 18.1. The Kier molecular flexibility index (Phi) is 4.84. The summed E-state index contributed by atoms with van der Waals surface area (Å²) in [5, 5.41) is 1.72. The van der Waals surface area contributed by atoms with Gasteiger partial charge in [0.05, 0.1) is 9.88 Å². The van der Waals surface area contributed by atoms with Crippen LogP contribution in [-0.4, -0.2) is 4.98 Å². The van der Waals surface area contributed by atoms with E-state index in [4.69, 9.17) is 4.74 Å². The summed E-state index contributed by atoms with van der Waals surface area (Å²) in [4.78, 5) is 5.35. The van der Waals surface area contributed by atoms with Gasteiger partial charge in [0.1, 0.15) is 17.4 Å². The van der Waals surface area contributed by atoms with E-state index in [-0.39, 0.29) is 0 Å². The van der Waals surface area contributed by atoms with Crippen LogP contribution in [0, 0.1) is 6.92 Å². The van der Waals surface area contributed by atoms with Gasteiger partial charge in [-0.1, -0.05) is 49.0 Å². The molecule has 0 atom stereocenters. The highest BCUT2D eigenvalue weighted by atomic mass is 32.1. The molecule has 23 heavy (non-hydrogen) atoms. The van der Waals surface area contributed by atoms with Gasteiger partial charge in [-0.2, -0.15) is 0 Å². The van der Waals surface area contributed by atoms with Crippen molar-refractivity contribution in [3.8, 4) is 5.75 Å². The number of nitrogens with zero attached hydrogens (tertiary/aromatic N) is 1. The summed E-state index contributed by atoms with van der Waals surface area (Å²) in [5.74, 6) is 0.828. The molecular weight excluding hydrogens is 322 g/mol. The number of ether oxygens (including phenoxy) is 1. The topological polar surface area (TPSA) is 22.1 Å². The molecule has 0 aliphatic rings. The smallest absolute Gasteiger partial charge is 0.120 e. The number of benzene rings is 2. The molecule has 0 spiro atoms. The molecule has 0 bridgehead atoms. The molecule has 2 nitrogen and oxygen atoms in total. The molecule has 0 fully saturated rings. The predicted octanol–water partition coefficient (Wildman–Crippen LogP) is 5.38. The second-order valence-electron chi connectivity index (χ2n) is 5.17. The van der Waals surface area contributed by atoms with Gasteiger partial charge in [0.15, 0.2) is 0 Å². The van der Waals surface area contributed by atoms with Crippen LogP contribution in [0.3, 0.4) is 0 Å². The first-order valence-corrected chi connectivity index (χ1v) is 8.52. The number of hydrogen-bond donors (Lipinski definition) is 1. The van der Waals surface area contributed by atoms with Crippen molar-refractivity contribution >= 4 is 29.5 Å². The summed E-state index contributed by atoms with van der Waals surface area (Å²) >= 11 is 6.04. The molecule has 0 N–H and O–H groups in total. The van der Waals surface area contributed by atoms with Crippen LogP contribution in [0.2, 0.25) is 0 Å². The van der Waals surface area contributed by atoms with Crippen LogP contribution < -0.4 is 4.74 Å². The van der Waals surface area contributed by atoms with E-state index in [1.165, 1.54) is 0 Å². The van der Waals surface area contributed by atoms with Crippen molar-refractivity contribution in [2.45, 2.75) is 18.6 Å². The molecule has 0 unspecified atom stereocenters. The van der Waals surface area contributed by atoms with E-state index in [9.17, 15) is 0 Å². The maximum Gasteiger partial charge on any atom is 0.120 e. The summed E-state index contributed by atoms with van der Waals surface area (Å²) in [6.07, 6.45) is 0. The first-order chi connectivity index (χ1) is 11.1. The van der Waals surface area contributed by atoms with Crippen molar-refractivity contribution in [3.05, 3.63) is 82.2 Å². The minimum absolute atomic E-state index is 0.550. The molecule has 0 saturated heterocycles. The second-order valence-corrected chi connectivity index (χ2v) is 6.79. The van der Waals surface area contributed by atoms with Crippen LogP contribution in [0.4, 0.5) is 0 Å². The fourth-order valence-electron chi connectivity index (χ4n) is 2.26. The third-order valence-corrected chi connectivity index (χ3v) is 4.93. The molecule has 0 aliphatic carbocycles. The molecule has 4 heteroatoms. The van der Waals surface area contributed by atoms with Gasteiger partial charge in [-0.05, 0) is 35.8 Å². The fourth-order valence-corrected chi connectivity index (χ4v) is 3.56. The predicted molar refractivity (Wildman–Crippen MR) is 99.5 cm³/mol. The lowest BCUT2D eigenvalue weighted by atomic mass is 10.1. The lowest BCUT2D eigenvalue weighted by Crippen LogP contribution is -1.95. The Morgan fingerprint density at radius 1 is 1.17 bits per heavy atom. The van der Waals surface area contributed by atoms with E-state index < -0.39 is 0 Å². The second kappa shape index (κ2) is 7.02. The Hall–Kier alpha value is -2.04. The zero-order chi connectivity index (χ0) is 16.2. The van der Waals surface area contributed by atoms with Crippen molar-refractivity contribution in [1.82, 2.24) is 4.98 Å². The number of hydrogen-bond acceptors (Lipinski definition) is 4. The SMILES string of the molecule is C=C(c1cccc(OCc2ccccc2)c1)c1sc(C)nc1S. The van der Waals surface area contributed by atoms with Crippen molar-refractivity contribution in [3.63, 3.8) is 0 Å². The van der Waals surface area contributed by atoms with Crippen LogP contribution in [-0.2, 0) is 6.61 Å². The highest BCUT2D eigenvalue weighted by molar-refractivity contribution is 7.80. The lowest BCUT2D eigenvalue weighted by molar-refractivity contribution is 0.306. The Morgan fingerprint density at radius 3 is 2.65 bits per heavy atom. The first-order valence-electron chi connectivity index (χ1n) is 7.26. The number of thiol groups is 1. The molecule has 3 aromatic rings. The van der Waals surface area contributed by atoms with Crippen molar-refractivity contribution in [2.75, 3.05) is 0 Å². The van der Waals surface area contributed by atoms with Crippen LogP contribution in [0.5, 0.6) is 5.75 Å². The molecule has 3 rings (SSSR count). The molecule has 2 aromatic carbocycles. The third kappa shape index (κ3) is 3.84. The molecular formula is C19H17NOS2. The number of rotatable bonds is 5. The van der Waals surface area contributed by atoms with E-state index in [1.54, 1.807) is 11.3 Å². The maximum absolute atomic E-state index is 5.88. The van der Waals surface area contributed by atoms with Gasteiger partial charge in [-0.15, -0.1) is 24.0 Å². The normalized spacial score (nSPS) is 10.5. The lowest BCUT2D eigenvalue weighted by Gasteiger charge is -2.09. The molecule has 0 radical (unpaired) electrons. The van der Waals surface area contributed by atoms with E-state index in [0.717, 1.165) is 37.4 Å². The Labute approximate surface area is 145 Å². The summed E-state index contributed by atoms with van der Waals surface area (Å²) in [5.41, 5.74) is 3.09. The molecule has 0 aliphatic heterocycles. The quantitative estimate of drug-likeness (QED) is 0.630. The number of aryl methyl sites for hydroxylation is 1. The average molecular weight is 339 g/mol. The van der Waals surface area contributed by atoms with Gasteiger partial charge in [-0.25, -0.2) is 4.98 Å². The molecule has 0 saturated carbocycles. The van der Waals surface area contributed by atoms with Gasteiger partial charge in [0.25, 0.3) is 0 Å². The summed E-state index contributed by atoms with van der Waals surface area (Å²) in [7, 11) is 0. The van der Waals surface area contributed by atoms with Crippen molar-refractivity contribution < 1.29 is 4.74 Å². The summed E-state index contributed by atoms with van der Waals surface area (Å²) in [6.45, 7) is 6.72. The van der Waals surface area contributed by atoms with Crippen molar-refractivity contribution in [2.24, 2.45) is 0 Å². The average Bonchev–Trinajstić information content (AvgIpc) is 2.92.